The summed E-state index contributed by atoms with van der Waals surface area (Å²) in [6.45, 7) is -0.681. The van der Waals surface area contributed by atoms with E-state index in [1.807, 2.05) is 0 Å². The number of aliphatic imine (C=N–C) groups is 1. The summed E-state index contributed by atoms with van der Waals surface area (Å²) in [4.78, 5) is 61.0. The maximum absolute atomic E-state index is 12.2. The van der Waals surface area contributed by atoms with Crippen molar-refractivity contribution in [3.63, 3.8) is 0 Å². The molecule has 14 nitrogen and oxygen atoms in total. The van der Waals surface area contributed by atoms with Crippen LogP contribution in [0.2, 0.25) is 0 Å². The molecule has 2 unspecified atom stereocenters. The van der Waals surface area contributed by atoms with E-state index < -0.39 is 54.6 Å². The number of nitrogens with two attached hydrogens (primary N) is 4. The van der Waals surface area contributed by atoms with Crippen molar-refractivity contribution in [2.45, 2.75) is 31.3 Å². The summed E-state index contributed by atoms with van der Waals surface area (Å²) < 4.78 is 0. The van der Waals surface area contributed by atoms with E-state index in [0.717, 1.165) is 0 Å². The second-order valence-electron chi connectivity index (χ2n) is 5.61. The molecule has 0 aliphatic carbocycles. The minimum absolute atomic E-state index is 0.117. The molecule has 0 radical (unpaired) electrons. The third-order valence-electron chi connectivity index (χ3n) is 3.26. The Balaban J connectivity index is 4.70. The molecule has 0 aromatic heterocycles. The van der Waals surface area contributed by atoms with Gasteiger partial charge < -0.3 is 44.0 Å². The maximum atomic E-state index is 12.2. The lowest BCUT2D eigenvalue weighted by Gasteiger charge is -2.18. The number of aliphatic carboxylic acids is 1. The van der Waals surface area contributed by atoms with E-state index in [1.54, 1.807) is 0 Å². The summed E-state index contributed by atoms with van der Waals surface area (Å²) in [5.74, 6) is -4.58. The van der Waals surface area contributed by atoms with Crippen LogP contribution in [0.1, 0.15) is 19.3 Å². The van der Waals surface area contributed by atoms with Gasteiger partial charge in [-0.25, -0.2) is 0 Å². The summed E-state index contributed by atoms with van der Waals surface area (Å²) in [5.41, 5.74) is 20.6. The number of carbonyl (C=O) groups is 5. The summed E-state index contributed by atoms with van der Waals surface area (Å²) in [7, 11) is 0. The highest BCUT2D eigenvalue weighted by molar-refractivity contribution is 5.93. The zero-order chi connectivity index (χ0) is 21.7. The topological polar surface area (TPSA) is 258 Å². The molecule has 0 rings (SSSR count). The van der Waals surface area contributed by atoms with E-state index in [4.69, 9.17) is 28.0 Å². The first-order chi connectivity index (χ1) is 13.1. The number of carbonyl (C=O) groups excluding carboxylic acids is 4. The molecule has 28 heavy (non-hydrogen) atoms. The van der Waals surface area contributed by atoms with Crippen LogP contribution in [0.15, 0.2) is 4.99 Å². The number of amides is 4. The van der Waals surface area contributed by atoms with Crippen molar-refractivity contribution in [1.29, 1.82) is 0 Å². The molecule has 0 fully saturated rings. The van der Waals surface area contributed by atoms with E-state index in [9.17, 15) is 24.0 Å². The fourth-order valence-electron chi connectivity index (χ4n) is 1.96. The highest BCUT2D eigenvalue weighted by atomic mass is 16.4. The molecule has 2 atom stereocenters. The zero-order valence-electron chi connectivity index (χ0n) is 15.1. The number of nitrogens with one attached hydrogen (secondary N) is 3. The molecule has 0 aromatic rings. The normalized spacial score (nSPS) is 12.2. The molecule has 0 aromatic carbocycles. The molecule has 0 saturated carbocycles. The van der Waals surface area contributed by atoms with Gasteiger partial charge in [0.05, 0.1) is 19.5 Å². The predicted molar refractivity (Wildman–Crippen MR) is 97.3 cm³/mol. The Hall–Kier alpha value is -3.42. The van der Waals surface area contributed by atoms with Gasteiger partial charge in [-0.15, -0.1) is 0 Å². The number of hydrogen-bond acceptors (Lipinski definition) is 7. The molecule has 12 N–H and O–H groups in total. The predicted octanol–water partition coefficient (Wildman–Crippen LogP) is -4.96. The van der Waals surface area contributed by atoms with Crippen molar-refractivity contribution in [3.8, 4) is 0 Å². The monoisotopic (exact) mass is 402 g/mol. The minimum atomic E-state index is -1.42. The van der Waals surface area contributed by atoms with Gasteiger partial charge in [-0.3, -0.25) is 29.0 Å². The van der Waals surface area contributed by atoms with Gasteiger partial charge in [0.2, 0.25) is 23.6 Å². The largest absolute Gasteiger partial charge is 0.481 e. The number of hydrogen-bond donors (Lipinski definition) is 8. The summed E-state index contributed by atoms with van der Waals surface area (Å²) in [6, 6.07) is -2.42. The average Bonchev–Trinajstić information content (AvgIpc) is 2.60. The van der Waals surface area contributed by atoms with Crippen LogP contribution in [0.3, 0.4) is 0 Å². The standard InChI is InChI=1S/C14H26N8O6/c15-5-9(23)21-7(2-1-3-19-14(17)18)13(28)20-6-10(24)22-8(12(16)27)4-11(25)26/h7-8H,1-6,15H2,(H2,16,27)(H,20,28)(H,21,23)(H,22,24)(H,25,26)(H4,17,18,19). The molecule has 0 bridgehead atoms. The molecule has 158 valence electrons. The van der Waals surface area contributed by atoms with Crippen LogP contribution in [0.25, 0.3) is 0 Å². The minimum Gasteiger partial charge on any atom is -0.481 e. The van der Waals surface area contributed by atoms with Crippen molar-refractivity contribution in [3.05, 3.63) is 0 Å². The Morgan fingerprint density at radius 3 is 2.07 bits per heavy atom. The second-order valence-corrected chi connectivity index (χ2v) is 5.61. The zero-order valence-corrected chi connectivity index (χ0v) is 15.1. The first-order valence-electron chi connectivity index (χ1n) is 8.19. The molecular formula is C14H26N8O6. The molecular weight excluding hydrogens is 376 g/mol. The van der Waals surface area contributed by atoms with Gasteiger partial charge >= 0.3 is 5.97 Å². The van der Waals surface area contributed by atoms with Gasteiger partial charge in [-0.05, 0) is 12.8 Å². The highest BCUT2D eigenvalue weighted by Gasteiger charge is 2.23. The van der Waals surface area contributed by atoms with Crippen molar-refractivity contribution >= 4 is 35.6 Å². The quantitative estimate of drug-likeness (QED) is 0.0832. The molecule has 0 aliphatic heterocycles. The Bertz CT molecular complexity index is 619. The Labute approximate surface area is 160 Å². The van der Waals surface area contributed by atoms with Crippen LogP contribution >= 0.6 is 0 Å². The van der Waals surface area contributed by atoms with Crippen LogP contribution < -0.4 is 38.9 Å². The Morgan fingerprint density at radius 2 is 1.57 bits per heavy atom. The molecule has 0 heterocycles. The first kappa shape index (κ1) is 24.6. The van der Waals surface area contributed by atoms with E-state index >= 15 is 0 Å². The molecule has 14 heteroatoms. The maximum Gasteiger partial charge on any atom is 0.305 e. The Kier molecular flexibility index (Phi) is 11.3. The van der Waals surface area contributed by atoms with Gasteiger partial charge in [0, 0.05) is 6.54 Å². The van der Waals surface area contributed by atoms with E-state index in [0.29, 0.717) is 6.42 Å². The Morgan fingerprint density at radius 1 is 0.964 bits per heavy atom. The van der Waals surface area contributed by atoms with Gasteiger partial charge in [0.1, 0.15) is 12.1 Å². The van der Waals surface area contributed by atoms with Crippen LogP contribution in [-0.2, 0) is 24.0 Å². The fraction of sp³-hybridized carbons (Fsp3) is 0.571. The van der Waals surface area contributed by atoms with Gasteiger partial charge in [-0.1, -0.05) is 0 Å². The summed E-state index contributed by atoms with van der Waals surface area (Å²) in [5, 5.41) is 15.4. The number of guanidine groups is 1. The van der Waals surface area contributed by atoms with E-state index in [1.165, 1.54) is 0 Å². The van der Waals surface area contributed by atoms with Crippen LogP contribution in [0.5, 0.6) is 0 Å². The molecule has 0 spiro atoms. The lowest BCUT2D eigenvalue weighted by atomic mass is 10.1. The van der Waals surface area contributed by atoms with Crippen LogP contribution in [-0.4, -0.2) is 72.4 Å². The van der Waals surface area contributed by atoms with Crippen molar-refractivity contribution in [1.82, 2.24) is 16.0 Å². The number of rotatable bonds is 13. The lowest BCUT2D eigenvalue weighted by Crippen LogP contribution is -2.52. The van der Waals surface area contributed by atoms with E-state index in [-0.39, 0.29) is 25.5 Å². The number of primary amides is 1. The van der Waals surface area contributed by atoms with Crippen molar-refractivity contribution in [2.24, 2.45) is 27.9 Å². The number of carboxylic acids is 1. The second kappa shape index (κ2) is 12.9. The molecule has 0 saturated heterocycles. The smallest absolute Gasteiger partial charge is 0.305 e. The van der Waals surface area contributed by atoms with Gasteiger partial charge in [-0.2, -0.15) is 0 Å². The van der Waals surface area contributed by atoms with Crippen LogP contribution in [0.4, 0.5) is 0 Å². The highest BCUT2D eigenvalue weighted by Crippen LogP contribution is 1.99. The van der Waals surface area contributed by atoms with Gasteiger partial charge in [0.25, 0.3) is 0 Å². The third kappa shape index (κ3) is 11.2. The molecule has 0 aliphatic rings. The molecule has 4 amide bonds. The first-order valence-corrected chi connectivity index (χ1v) is 8.19. The lowest BCUT2D eigenvalue weighted by molar-refractivity contribution is -0.140. The average molecular weight is 402 g/mol. The SMILES string of the molecule is NCC(=O)NC(CCCN=C(N)N)C(=O)NCC(=O)NC(CC(=O)O)C(N)=O. The van der Waals surface area contributed by atoms with Crippen molar-refractivity contribution in [2.75, 3.05) is 19.6 Å². The van der Waals surface area contributed by atoms with Gasteiger partial charge in [0.15, 0.2) is 5.96 Å². The summed E-state index contributed by atoms with van der Waals surface area (Å²) >= 11 is 0. The van der Waals surface area contributed by atoms with E-state index in [2.05, 4.69) is 20.9 Å². The summed E-state index contributed by atoms with van der Waals surface area (Å²) in [6.07, 6.45) is -0.177. The fourth-order valence-corrected chi connectivity index (χ4v) is 1.96. The van der Waals surface area contributed by atoms with Crippen molar-refractivity contribution < 1.29 is 29.1 Å². The van der Waals surface area contributed by atoms with Crippen LogP contribution in [0, 0.1) is 0 Å². The third-order valence-corrected chi connectivity index (χ3v) is 3.26. The number of nitrogens with zero attached hydrogens (tertiary/aromatic N) is 1. The number of carboxylic acid groups (broad SMARTS) is 1.